The van der Waals surface area contributed by atoms with Crippen molar-refractivity contribution in [2.24, 2.45) is 5.73 Å². The van der Waals surface area contributed by atoms with Gasteiger partial charge in [0.05, 0.1) is 5.56 Å². The van der Waals surface area contributed by atoms with E-state index in [0.717, 1.165) is 12.1 Å². The number of nitrogens with two attached hydrogens (primary N) is 1. The summed E-state index contributed by atoms with van der Waals surface area (Å²) in [7, 11) is 0. The minimum absolute atomic E-state index is 0.0431. The molecular weight excluding hydrogens is 295 g/mol. The van der Waals surface area contributed by atoms with Crippen LogP contribution in [0.4, 0.5) is 13.2 Å². The third-order valence-electron chi connectivity index (χ3n) is 3.43. The Hall–Kier alpha value is -2.21. The normalized spacial score (nSPS) is 14.0. The molecule has 0 amide bonds. The molecule has 0 fully saturated rings. The Balaban J connectivity index is 2.07. The van der Waals surface area contributed by atoms with Crippen molar-refractivity contribution in [3.05, 3.63) is 47.5 Å². The zero-order valence-electron chi connectivity index (χ0n) is 11.6. The summed E-state index contributed by atoms with van der Waals surface area (Å²) in [6, 6.07) is 8.94. The molecule has 0 radical (unpaired) electrons. The highest BCUT2D eigenvalue weighted by atomic mass is 19.4. The van der Waals surface area contributed by atoms with Gasteiger partial charge < -0.3 is 15.2 Å². The maximum absolute atomic E-state index is 13.0. The van der Waals surface area contributed by atoms with E-state index in [0.29, 0.717) is 41.4 Å². The van der Waals surface area contributed by atoms with E-state index in [1.54, 1.807) is 24.3 Å². The number of hydrogen-bond acceptors (Lipinski definition) is 3. The summed E-state index contributed by atoms with van der Waals surface area (Å²) in [6.07, 6.45) is -4.41. The SMILES string of the molecule is NCc1cc(-c2ccc3c(c2)OCCO3)cc(C(F)(F)F)c1. The molecular formula is C16H14F3NO2. The van der Waals surface area contributed by atoms with Gasteiger partial charge in [0.2, 0.25) is 0 Å². The molecule has 3 nitrogen and oxygen atoms in total. The Kier molecular flexibility index (Phi) is 3.70. The van der Waals surface area contributed by atoms with Crippen molar-refractivity contribution in [2.45, 2.75) is 12.7 Å². The lowest BCUT2D eigenvalue weighted by atomic mass is 9.99. The Bertz CT molecular complexity index is 698. The van der Waals surface area contributed by atoms with Gasteiger partial charge in [0.15, 0.2) is 11.5 Å². The number of fused-ring (bicyclic) bond motifs is 1. The van der Waals surface area contributed by atoms with Crippen LogP contribution >= 0.6 is 0 Å². The molecule has 3 rings (SSSR count). The summed E-state index contributed by atoms with van der Waals surface area (Å²) in [5.74, 6) is 1.14. The first-order chi connectivity index (χ1) is 10.5. The third-order valence-corrected chi connectivity index (χ3v) is 3.43. The van der Waals surface area contributed by atoms with Crippen molar-refractivity contribution < 1.29 is 22.6 Å². The number of halogens is 3. The quantitative estimate of drug-likeness (QED) is 0.922. The molecule has 0 saturated carbocycles. The fourth-order valence-electron chi connectivity index (χ4n) is 2.36. The number of benzene rings is 2. The molecule has 22 heavy (non-hydrogen) atoms. The van der Waals surface area contributed by atoms with Crippen molar-refractivity contribution in [1.82, 2.24) is 0 Å². The number of hydrogen-bond donors (Lipinski definition) is 1. The van der Waals surface area contributed by atoms with Crippen molar-refractivity contribution >= 4 is 0 Å². The standard InChI is InChI=1S/C16H14F3NO2/c17-16(18,19)13-6-10(9-20)5-12(7-13)11-1-2-14-15(8-11)22-4-3-21-14/h1-2,5-8H,3-4,9,20H2. The summed E-state index contributed by atoms with van der Waals surface area (Å²) in [6.45, 7) is 0.932. The lowest BCUT2D eigenvalue weighted by Crippen LogP contribution is -2.15. The summed E-state index contributed by atoms with van der Waals surface area (Å²) in [5, 5.41) is 0. The highest BCUT2D eigenvalue weighted by Gasteiger charge is 2.31. The lowest BCUT2D eigenvalue weighted by Gasteiger charge is -2.19. The van der Waals surface area contributed by atoms with Crippen LogP contribution in [-0.2, 0) is 12.7 Å². The van der Waals surface area contributed by atoms with E-state index >= 15 is 0 Å². The number of rotatable bonds is 2. The van der Waals surface area contributed by atoms with E-state index in [4.69, 9.17) is 15.2 Å². The highest BCUT2D eigenvalue weighted by molar-refractivity contribution is 5.69. The summed E-state index contributed by atoms with van der Waals surface area (Å²) in [5.41, 5.74) is 6.31. The van der Waals surface area contributed by atoms with Gasteiger partial charge in [-0.2, -0.15) is 13.2 Å². The number of ether oxygens (including phenoxy) is 2. The first-order valence-electron chi connectivity index (χ1n) is 6.78. The summed E-state index contributed by atoms with van der Waals surface area (Å²) < 4.78 is 49.8. The van der Waals surface area contributed by atoms with E-state index in [1.807, 2.05) is 0 Å². The minimum atomic E-state index is -4.41. The van der Waals surface area contributed by atoms with Crippen LogP contribution in [0.25, 0.3) is 11.1 Å². The molecule has 2 aromatic rings. The van der Waals surface area contributed by atoms with Crippen LogP contribution in [0.15, 0.2) is 36.4 Å². The van der Waals surface area contributed by atoms with Crippen molar-refractivity contribution in [3.63, 3.8) is 0 Å². The topological polar surface area (TPSA) is 44.5 Å². The lowest BCUT2D eigenvalue weighted by molar-refractivity contribution is -0.137. The summed E-state index contributed by atoms with van der Waals surface area (Å²) in [4.78, 5) is 0. The van der Waals surface area contributed by atoms with Crippen LogP contribution in [0, 0.1) is 0 Å². The molecule has 1 aliphatic heterocycles. The Morgan fingerprint density at radius 2 is 1.64 bits per heavy atom. The van der Waals surface area contributed by atoms with E-state index in [1.165, 1.54) is 0 Å². The molecule has 116 valence electrons. The summed E-state index contributed by atoms with van der Waals surface area (Å²) >= 11 is 0. The van der Waals surface area contributed by atoms with E-state index in [9.17, 15) is 13.2 Å². The molecule has 0 spiro atoms. The second-order valence-electron chi connectivity index (χ2n) is 4.98. The fourth-order valence-corrected chi connectivity index (χ4v) is 2.36. The van der Waals surface area contributed by atoms with Crippen LogP contribution in [-0.4, -0.2) is 13.2 Å². The van der Waals surface area contributed by atoms with Crippen LogP contribution in [0.1, 0.15) is 11.1 Å². The smallest absolute Gasteiger partial charge is 0.416 e. The molecule has 0 atom stereocenters. The van der Waals surface area contributed by atoms with Gasteiger partial charge in [0, 0.05) is 6.54 Å². The van der Waals surface area contributed by atoms with Gasteiger partial charge in [0.25, 0.3) is 0 Å². The van der Waals surface area contributed by atoms with E-state index in [2.05, 4.69) is 0 Å². The molecule has 0 aromatic heterocycles. The van der Waals surface area contributed by atoms with E-state index in [-0.39, 0.29) is 6.54 Å². The van der Waals surface area contributed by atoms with Crippen molar-refractivity contribution in [1.29, 1.82) is 0 Å². The van der Waals surface area contributed by atoms with Crippen LogP contribution < -0.4 is 15.2 Å². The van der Waals surface area contributed by atoms with Gasteiger partial charge in [-0.05, 0) is 47.0 Å². The average molecular weight is 309 g/mol. The molecule has 0 unspecified atom stereocenters. The maximum Gasteiger partial charge on any atom is 0.416 e. The Labute approximate surface area is 125 Å². The zero-order chi connectivity index (χ0) is 15.7. The molecule has 6 heteroatoms. The van der Waals surface area contributed by atoms with E-state index < -0.39 is 11.7 Å². The molecule has 0 saturated heterocycles. The zero-order valence-corrected chi connectivity index (χ0v) is 11.6. The molecule has 2 aromatic carbocycles. The van der Waals surface area contributed by atoms with Gasteiger partial charge in [-0.15, -0.1) is 0 Å². The van der Waals surface area contributed by atoms with Gasteiger partial charge in [-0.25, -0.2) is 0 Å². The highest BCUT2D eigenvalue weighted by Crippen LogP contribution is 2.37. The minimum Gasteiger partial charge on any atom is -0.486 e. The number of alkyl halides is 3. The van der Waals surface area contributed by atoms with Crippen molar-refractivity contribution in [3.8, 4) is 22.6 Å². The Morgan fingerprint density at radius 3 is 2.32 bits per heavy atom. The Morgan fingerprint density at radius 1 is 0.909 bits per heavy atom. The molecule has 2 N–H and O–H groups in total. The molecule has 1 aliphatic rings. The molecule has 0 aliphatic carbocycles. The third kappa shape index (κ3) is 2.87. The monoisotopic (exact) mass is 309 g/mol. The fraction of sp³-hybridized carbons (Fsp3) is 0.250. The van der Waals surface area contributed by atoms with Crippen LogP contribution in [0.3, 0.4) is 0 Å². The van der Waals surface area contributed by atoms with Crippen LogP contribution in [0.2, 0.25) is 0 Å². The van der Waals surface area contributed by atoms with Crippen LogP contribution in [0.5, 0.6) is 11.5 Å². The molecule has 1 heterocycles. The second kappa shape index (κ2) is 5.53. The molecule has 0 bridgehead atoms. The first-order valence-corrected chi connectivity index (χ1v) is 6.78. The largest absolute Gasteiger partial charge is 0.486 e. The van der Waals surface area contributed by atoms with Gasteiger partial charge in [0.1, 0.15) is 13.2 Å². The second-order valence-corrected chi connectivity index (χ2v) is 4.98. The predicted molar refractivity (Wildman–Crippen MR) is 75.8 cm³/mol. The van der Waals surface area contributed by atoms with Gasteiger partial charge >= 0.3 is 6.18 Å². The average Bonchev–Trinajstić information content (AvgIpc) is 2.53. The van der Waals surface area contributed by atoms with Gasteiger partial charge in [-0.3, -0.25) is 0 Å². The van der Waals surface area contributed by atoms with Gasteiger partial charge in [-0.1, -0.05) is 6.07 Å². The maximum atomic E-state index is 13.0. The van der Waals surface area contributed by atoms with Crippen molar-refractivity contribution in [2.75, 3.05) is 13.2 Å². The first kappa shape index (κ1) is 14.7. The predicted octanol–water partition coefficient (Wildman–Crippen LogP) is 3.60.